The molecule has 6 heterocycles. The highest BCUT2D eigenvalue weighted by Crippen LogP contribution is 2.57. The normalized spacial score (nSPS) is 24.7. The summed E-state index contributed by atoms with van der Waals surface area (Å²) in [4.78, 5) is 23.2. The third-order valence-corrected chi connectivity index (χ3v) is 10.6. The summed E-state index contributed by atoms with van der Waals surface area (Å²) in [6.45, 7) is 1.57. The first-order chi connectivity index (χ1) is 18.4. The van der Waals surface area contributed by atoms with Crippen molar-refractivity contribution in [3.8, 4) is 17.3 Å². The van der Waals surface area contributed by atoms with Crippen molar-refractivity contribution in [2.75, 3.05) is 19.7 Å². The van der Waals surface area contributed by atoms with Crippen molar-refractivity contribution in [3.05, 3.63) is 33.2 Å². The monoisotopic (exact) mass is 574 g/mol. The minimum Gasteiger partial charge on any atom is -0.463 e. The third-order valence-electron chi connectivity index (χ3n) is 8.25. The van der Waals surface area contributed by atoms with Crippen LogP contribution >= 0.6 is 34.5 Å². The molecule has 0 radical (unpaired) electrons. The second-order valence-corrected chi connectivity index (χ2v) is 12.8. The van der Waals surface area contributed by atoms with Crippen molar-refractivity contribution in [3.63, 3.8) is 0 Å². The summed E-state index contributed by atoms with van der Waals surface area (Å²) in [6, 6.07) is 1.82. The fraction of sp³-hybridized carbons (Fsp3) is 0.440. The van der Waals surface area contributed by atoms with E-state index in [1.165, 1.54) is 22.9 Å². The Balaban J connectivity index is 1.24. The van der Waals surface area contributed by atoms with Gasteiger partial charge < -0.3 is 4.74 Å². The van der Waals surface area contributed by atoms with Crippen LogP contribution in [0.25, 0.3) is 41.8 Å². The molecule has 0 amide bonds. The highest BCUT2D eigenvalue weighted by atomic mass is 35.5. The highest BCUT2D eigenvalue weighted by molar-refractivity contribution is 7.31. The topological polar surface area (TPSA) is 99.8 Å². The summed E-state index contributed by atoms with van der Waals surface area (Å²) in [5.41, 5.74) is 0.113. The number of thiophene rings is 1. The number of nitrogens with zero attached hydrogens (tertiary/aromatic N) is 4. The van der Waals surface area contributed by atoms with Crippen LogP contribution in [0.5, 0.6) is 6.01 Å². The van der Waals surface area contributed by atoms with E-state index < -0.39 is 11.8 Å². The summed E-state index contributed by atoms with van der Waals surface area (Å²) in [5, 5.41) is 8.55. The highest BCUT2D eigenvalue weighted by Gasteiger charge is 2.50. The molecule has 38 heavy (non-hydrogen) atoms. The molecule has 2 saturated heterocycles. The number of rotatable bonds is 5. The summed E-state index contributed by atoms with van der Waals surface area (Å²) in [5.74, 6) is 0. The minimum atomic E-state index is -1.51. The molecule has 0 spiro atoms. The van der Waals surface area contributed by atoms with Crippen LogP contribution in [-0.4, -0.2) is 60.8 Å². The molecule has 1 aromatic carbocycles. The Bertz CT molecular complexity index is 1830. The Morgan fingerprint density at radius 1 is 1.29 bits per heavy atom. The van der Waals surface area contributed by atoms with E-state index in [2.05, 4.69) is 29.4 Å². The van der Waals surface area contributed by atoms with E-state index in [9.17, 15) is 9.18 Å². The maximum Gasteiger partial charge on any atom is 0.297 e. The predicted octanol–water partition coefficient (Wildman–Crippen LogP) is 5.70. The molecule has 2 atom stereocenters. The Kier molecular flexibility index (Phi) is 4.85. The Labute approximate surface area is 227 Å². The average Bonchev–Trinajstić information content (AvgIpc) is 3.37. The Hall–Kier alpha value is -2.67. The van der Waals surface area contributed by atoms with Gasteiger partial charge >= 0.3 is 0 Å². The molecule has 4 aromatic heterocycles. The van der Waals surface area contributed by atoms with Gasteiger partial charge in [0.25, 0.3) is 11.6 Å². The standard InChI is InChI=1S/C25H21ClF2N6O2S2/c26-13-6-14-12(8-29-32-14)15(17(13)25(28)3-4-25)18-20-19(38-33-18)16-21(35)30-23(31-22(16)37-20)36-10-24-2-1-5-34(24)9-11(27)7-24/h6,8,11H,1-5,7,9-10H2,(H,29,32)(H,30,31,35)/t11-,24+/m1/s1. The Morgan fingerprint density at radius 2 is 2.16 bits per heavy atom. The molecule has 2 aliphatic heterocycles. The summed E-state index contributed by atoms with van der Waals surface area (Å²) >= 11 is 9.10. The maximum absolute atomic E-state index is 15.6. The van der Waals surface area contributed by atoms with E-state index >= 15 is 4.39 Å². The summed E-state index contributed by atoms with van der Waals surface area (Å²) < 4.78 is 41.8. The van der Waals surface area contributed by atoms with Gasteiger partial charge in [-0.3, -0.25) is 19.8 Å². The number of benzene rings is 1. The van der Waals surface area contributed by atoms with Gasteiger partial charge in [0.15, 0.2) is 0 Å². The molecule has 1 saturated carbocycles. The van der Waals surface area contributed by atoms with Gasteiger partial charge in [-0.25, -0.2) is 8.78 Å². The van der Waals surface area contributed by atoms with Crippen molar-refractivity contribution < 1.29 is 13.5 Å². The number of hydrogen-bond acceptors (Lipinski definition) is 8. The van der Waals surface area contributed by atoms with Crippen LogP contribution in [0.4, 0.5) is 8.78 Å². The smallest absolute Gasteiger partial charge is 0.297 e. The fourth-order valence-electron chi connectivity index (χ4n) is 6.32. The van der Waals surface area contributed by atoms with Gasteiger partial charge in [-0.1, -0.05) is 11.6 Å². The van der Waals surface area contributed by atoms with Crippen LogP contribution in [0, 0.1) is 0 Å². The predicted molar refractivity (Wildman–Crippen MR) is 144 cm³/mol. The first-order valence-electron chi connectivity index (χ1n) is 12.5. The molecule has 0 unspecified atom stereocenters. The van der Waals surface area contributed by atoms with Gasteiger partial charge in [0.05, 0.1) is 32.0 Å². The number of aromatic nitrogens is 5. The van der Waals surface area contributed by atoms with Gasteiger partial charge in [0, 0.05) is 34.5 Å². The van der Waals surface area contributed by atoms with Crippen molar-refractivity contribution in [1.82, 2.24) is 29.4 Å². The maximum atomic E-state index is 15.6. The average molecular weight is 575 g/mol. The van der Waals surface area contributed by atoms with Gasteiger partial charge in [-0.05, 0) is 49.8 Å². The van der Waals surface area contributed by atoms with Crippen molar-refractivity contribution in [2.24, 2.45) is 0 Å². The number of nitrogens with one attached hydrogen (secondary N) is 2. The SMILES string of the molecule is O=c1[nH]c(OC[C@@]23CCCN2C[C@H](F)C3)nc2sc3c(-c4c(C5(F)CC5)c(Cl)cc5[nH]ncc45)nsc3c12. The summed E-state index contributed by atoms with van der Waals surface area (Å²) in [6.07, 6.45) is 3.89. The number of halogens is 3. The molecule has 1 aliphatic carbocycles. The van der Waals surface area contributed by atoms with Gasteiger partial charge in [-0.2, -0.15) is 14.5 Å². The second-order valence-electron chi connectivity index (χ2n) is 10.6. The quantitative estimate of drug-likeness (QED) is 0.279. The number of ether oxygens (including phenoxy) is 1. The van der Waals surface area contributed by atoms with E-state index in [1.807, 2.05) is 0 Å². The van der Waals surface area contributed by atoms with Crippen LogP contribution < -0.4 is 10.3 Å². The fourth-order valence-corrected chi connectivity index (χ4v) is 8.94. The molecule has 13 heteroatoms. The first kappa shape index (κ1) is 23.2. The lowest BCUT2D eigenvalue weighted by Gasteiger charge is -2.30. The van der Waals surface area contributed by atoms with Crippen LogP contribution in [-0.2, 0) is 5.67 Å². The lowest BCUT2D eigenvalue weighted by Crippen LogP contribution is -2.43. The molecule has 2 N–H and O–H groups in total. The zero-order chi connectivity index (χ0) is 25.8. The number of aromatic amines is 2. The zero-order valence-corrected chi connectivity index (χ0v) is 22.3. The van der Waals surface area contributed by atoms with Gasteiger partial charge in [0.1, 0.15) is 29.0 Å². The largest absolute Gasteiger partial charge is 0.463 e. The molecule has 8 nitrogen and oxygen atoms in total. The zero-order valence-electron chi connectivity index (χ0n) is 19.9. The van der Waals surface area contributed by atoms with Crippen LogP contribution in [0.1, 0.15) is 37.7 Å². The number of hydrogen-bond donors (Lipinski definition) is 2. The molecule has 5 aromatic rings. The lowest BCUT2D eigenvalue weighted by atomic mass is 9.95. The molecule has 8 rings (SSSR count). The molecule has 196 valence electrons. The third kappa shape index (κ3) is 3.26. The second kappa shape index (κ2) is 7.93. The molecule has 3 fully saturated rings. The molecular weight excluding hydrogens is 554 g/mol. The van der Waals surface area contributed by atoms with E-state index in [0.29, 0.717) is 68.1 Å². The van der Waals surface area contributed by atoms with Crippen LogP contribution in [0.2, 0.25) is 5.02 Å². The number of H-pyrrole nitrogens is 2. The summed E-state index contributed by atoms with van der Waals surface area (Å²) in [7, 11) is 0. The number of fused-ring (bicyclic) bond motifs is 5. The van der Waals surface area contributed by atoms with E-state index in [1.54, 1.807) is 12.3 Å². The van der Waals surface area contributed by atoms with Crippen LogP contribution in [0.3, 0.4) is 0 Å². The first-order valence-corrected chi connectivity index (χ1v) is 14.5. The van der Waals surface area contributed by atoms with Crippen molar-refractivity contribution in [2.45, 2.75) is 49.5 Å². The molecule has 3 aliphatic rings. The van der Waals surface area contributed by atoms with Gasteiger partial charge in [0.2, 0.25) is 0 Å². The van der Waals surface area contributed by atoms with E-state index in [-0.39, 0.29) is 23.7 Å². The van der Waals surface area contributed by atoms with E-state index in [0.717, 1.165) is 29.5 Å². The lowest BCUT2D eigenvalue weighted by molar-refractivity contribution is 0.107. The van der Waals surface area contributed by atoms with Gasteiger partial charge in [-0.15, -0.1) is 11.3 Å². The number of alkyl halides is 2. The Morgan fingerprint density at radius 3 is 3.00 bits per heavy atom. The van der Waals surface area contributed by atoms with E-state index in [4.69, 9.17) is 16.3 Å². The molecule has 0 bridgehead atoms. The van der Waals surface area contributed by atoms with Crippen molar-refractivity contribution in [1.29, 1.82) is 0 Å². The van der Waals surface area contributed by atoms with Crippen molar-refractivity contribution >= 4 is 65.0 Å². The minimum absolute atomic E-state index is 0.121. The van der Waals surface area contributed by atoms with Crippen LogP contribution in [0.15, 0.2) is 17.1 Å². The molecular formula is C25H21ClF2N6O2S2.